The van der Waals surface area contributed by atoms with Crippen molar-refractivity contribution >= 4 is 5.96 Å². The Morgan fingerprint density at radius 3 is 2.91 bits per heavy atom. The van der Waals surface area contributed by atoms with E-state index >= 15 is 0 Å². The van der Waals surface area contributed by atoms with E-state index in [1.807, 2.05) is 10.6 Å². The number of para-hydroxylation sites is 1. The third kappa shape index (κ3) is 4.14. The van der Waals surface area contributed by atoms with Gasteiger partial charge in [0.05, 0.1) is 6.04 Å². The van der Waals surface area contributed by atoms with Crippen LogP contribution in [-0.2, 0) is 19.5 Å². The highest BCUT2D eigenvalue weighted by Gasteiger charge is 2.43. The number of aryl methyl sites for hydroxylation is 2. The second-order valence-corrected chi connectivity index (χ2v) is 9.31. The van der Waals surface area contributed by atoms with Crippen molar-refractivity contribution in [3.63, 3.8) is 0 Å². The summed E-state index contributed by atoms with van der Waals surface area (Å²) >= 11 is 0. The van der Waals surface area contributed by atoms with Crippen molar-refractivity contribution in [2.75, 3.05) is 13.6 Å². The standard InChI is InChI=1S/C24H34N6O2/c1-25-22(26-14-8-16-30-23(31)29-15-7-4-11-21(29)28-30)27-19-17-24(12-5-6-13-24)32-20-10-3-2-9-18(19)20/h2-3,9-10,19H,4-8,11-17H2,1H3,(H2,25,26,27). The Morgan fingerprint density at radius 2 is 2.09 bits per heavy atom. The summed E-state index contributed by atoms with van der Waals surface area (Å²) in [5, 5.41) is 11.6. The van der Waals surface area contributed by atoms with E-state index in [0.717, 1.165) is 75.6 Å². The molecule has 1 aliphatic carbocycles. The number of aliphatic imine (C=N–C) groups is 1. The first-order valence-corrected chi connectivity index (χ1v) is 12.1. The van der Waals surface area contributed by atoms with Crippen LogP contribution in [0.2, 0.25) is 0 Å². The Morgan fingerprint density at radius 1 is 1.25 bits per heavy atom. The molecule has 8 nitrogen and oxygen atoms in total. The quantitative estimate of drug-likeness (QED) is 0.426. The Hall–Kier alpha value is -2.77. The molecule has 0 radical (unpaired) electrons. The second-order valence-electron chi connectivity index (χ2n) is 9.31. The van der Waals surface area contributed by atoms with E-state index in [-0.39, 0.29) is 17.3 Å². The molecule has 1 spiro atoms. The van der Waals surface area contributed by atoms with Crippen LogP contribution in [0, 0.1) is 0 Å². The third-order valence-corrected chi connectivity index (χ3v) is 7.12. The Balaban J connectivity index is 1.19. The summed E-state index contributed by atoms with van der Waals surface area (Å²) < 4.78 is 9.93. The van der Waals surface area contributed by atoms with Crippen LogP contribution in [0.25, 0.3) is 0 Å². The first-order chi connectivity index (χ1) is 15.7. The molecule has 2 aromatic rings. The number of fused-ring (bicyclic) bond motifs is 2. The zero-order valence-corrected chi connectivity index (χ0v) is 19.0. The van der Waals surface area contributed by atoms with E-state index < -0.39 is 0 Å². The molecule has 8 heteroatoms. The Kier molecular flexibility index (Phi) is 5.93. The van der Waals surface area contributed by atoms with Crippen LogP contribution in [0.1, 0.15) is 68.8 Å². The van der Waals surface area contributed by atoms with Gasteiger partial charge in [-0.2, -0.15) is 5.10 Å². The van der Waals surface area contributed by atoms with E-state index in [1.54, 1.807) is 11.7 Å². The van der Waals surface area contributed by atoms with Gasteiger partial charge in [0.15, 0.2) is 5.96 Å². The number of ether oxygens (including phenoxy) is 1. The molecular formula is C24H34N6O2. The summed E-state index contributed by atoms with van der Waals surface area (Å²) in [6.45, 7) is 2.15. The summed E-state index contributed by atoms with van der Waals surface area (Å²) in [6.07, 6.45) is 9.58. The highest BCUT2D eigenvalue weighted by Crippen LogP contribution is 2.46. The van der Waals surface area contributed by atoms with Crippen molar-refractivity contribution in [3.05, 3.63) is 46.1 Å². The Labute approximate surface area is 189 Å². The minimum atomic E-state index is -0.0493. The number of hydrogen-bond donors (Lipinski definition) is 2. The average Bonchev–Trinajstić information content (AvgIpc) is 3.40. The fourth-order valence-electron chi connectivity index (χ4n) is 5.46. The summed E-state index contributed by atoms with van der Waals surface area (Å²) in [5.41, 5.74) is 1.18. The second kappa shape index (κ2) is 9.00. The molecule has 0 amide bonds. The molecule has 1 fully saturated rings. The van der Waals surface area contributed by atoms with Crippen LogP contribution in [0.4, 0.5) is 0 Å². The molecule has 1 unspecified atom stereocenters. The molecule has 1 aromatic carbocycles. The molecule has 1 saturated carbocycles. The van der Waals surface area contributed by atoms with Gasteiger partial charge >= 0.3 is 5.69 Å². The zero-order chi connectivity index (χ0) is 22.0. The molecule has 0 saturated heterocycles. The predicted molar refractivity (Wildman–Crippen MR) is 124 cm³/mol. The maximum atomic E-state index is 12.5. The van der Waals surface area contributed by atoms with E-state index in [9.17, 15) is 4.79 Å². The van der Waals surface area contributed by atoms with Gasteiger partial charge in [0.1, 0.15) is 17.2 Å². The van der Waals surface area contributed by atoms with Gasteiger partial charge in [-0.05, 0) is 51.0 Å². The molecule has 3 heterocycles. The highest BCUT2D eigenvalue weighted by molar-refractivity contribution is 5.80. The molecule has 0 bridgehead atoms. The summed E-state index contributed by atoms with van der Waals surface area (Å²) in [6, 6.07) is 8.53. The van der Waals surface area contributed by atoms with Gasteiger partial charge in [-0.1, -0.05) is 18.2 Å². The lowest BCUT2D eigenvalue weighted by Crippen LogP contribution is -2.46. The van der Waals surface area contributed by atoms with Crippen molar-refractivity contribution in [1.29, 1.82) is 0 Å². The van der Waals surface area contributed by atoms with Crippen LogP contribution in [0.3, 0.4) is 0 Å². The van der Waals surface area contributed by atoms with Crippen molar-refractivity contribution in [2.45, 2.75) is 82.5 Å². The lowest BCUT2D eigenvalue weighted by Gasteiger charge is -2.40. The van der Waals surface area contributed by atoms with Gasteiger partial charge in [0, 0.05) is 45.1 Å². The van der Waals surface area contributed by atoms with Crippen LogP contribution >= 0.6 is 0 Å². The molecule has 3 aliphatic rings. The average molecular weight is 439 g/mol. The minimum absolute atomic E-state index is 0.0304. The first-order valence-electron chi connectivity index (χ1n) is 12.1. The minimum Gasteiger partial charge on any atom is -0.487 e. The number of hydrogen-bond acceptors (Lipinski definition) is 4. The highest BCUT2D eigenvalue weighted by atomic mass is 16.5. The van der Waals surface area contributed by atoms with Crippen molar-refractivity contribution in [3.8, 4) is 5.75 Å². The predicted octanol–water partition coefficient (Wildman–Crippen LogP) is 2.77. The Bertz CT molecular complexity index is 1030. The van der Waals surface area contributed by atoms with Gasteiger partial charge in [-0.3, -0.25) is 9.56 Å². The maximum Gasteiger partial charge on any atom is 0.345 e. The number of guanidine groups is 1. The van der Waals surface area contributed by atoms with Crippen molar-refractivity contribution in [2.24, 2.45) is 4.99 Å². The normalized spacial score (nSPS) is 21.7. The molecule has 32 heavy (non-hydrogen) atoms. The number of benzene rings is 1. The summed E-state index contributed by atoms with van der Waals surface area (Å²) in [7, 11) is 1.81. The molecular weight excluding hydrogens is 404 g/mol. The lowest BCUT2D eigenvalue weighted by atomic mass is 9.86. The smallest absolute Gasteiger partial charge is 0.345 e. The number of aromatic nitrogens is 3. The van der Waals surface area contributed by atoms with Crippen LogP contribution in [0.5, 0.6) is 5.75 Å². The molecule has 172 valence electrons. The summed E-state index contributed by atoms with van der Waals surface area (Å²) in [4.78, 5) is 16.9. The lowest BCUT2D eigenvalue weighted by molar-refractivity contribution is 0.0396. The zero-order valence-electron chi connectivity index (χ0n) is 19.0. The van der Waals surface area contributed by atoms with Crippen molar-refractivity contribution in [1.82, 2.24) is 25.0 Å². The molecule has 2 N–H and O–H groups in total. The largest absolute Gasteiger partial charge is 0.487 e. The van der Waals surface area contributed by atoms with E-state index in [1.165, 1.54) is 18.4 Å². The SMILES string of the molecule is CN=C(NCCCn1nc2n(c1=O)CCCC2)NC1CC2(CCCC2)Oc2ccccc21. The van der Waals surface area contributed by atoms with E-state index in [4.69, 9.17) is 4.74 Å². The molecule has 1 aromatic heterocycles. The fraction of sp³-hybridized carbons (Fsp3) is 0.625. The number of rotatable bonds is 5. The summed E-state index contributed by atoms with van der Waals surface area (Å²) in [5.74, 6) is 2.72. The maximum absolute atomic E-state index is 12.5. The van der Waals surface area contributed by atoms with Gasteiger partial charge in [0.2, 0.25) is 0 Å². The van der Waals surface area contributed by atoms with Gasteiger partial charge in [0.25, 0.3) is 0 Å². The van der Waals surface area contributed by atoms with Crippen molar-refractivity contribution < 1.29 is 4.74 Å². The van der Waals surface area contributed by atoms with Crippen LogP contribution < -0.4 is 21.1 Å². The number of nitrogens with one attached hydrogen (secondary N) is 2. The molecule has 2 aliphatic heterocycles. The first kappa shape index (κ1) is 21.1. The van der Waals surface area contributed by atoms with E-state index in [2.05, 4.69) is 38.9 Å². The number of nitrogens with zero attached hydrogens (tertiary/aromatic N) is 4. The van der Waals surface area contributed by atoms with Gasteiger partial charge in [-0.15, -0.1) is 0 Å². The third-order valence-electron chi connectivity index (χ3n) is 7.12. The van der Waals surface area contributed by atoms with Gasteiger partial charge < -0.3 is 15.4 Å². The van der Waals surface area contributed by atoms with Crippen LogP contribution in [0.15, 0.2) is 34.1 Å². The van der Waals surface area contributed by atoms with E-state index in [0.29, 0.717) is 6.54 Å². The molecule has 5 rings (SSSR count). The van der Waals surface area contributed by atoms with Crippen LogP contribution in [-0.4, -0.2) is 39.5 Å². The monoisotopic (exact) mass is 438 g/mol. The topological polar surface area (TPSA) is 85.5 Å². The van der Waals surface area contributed by atoms with Gasteiger partial charge in [-0.25, -0.2) is 9.48 Å². The fourth-order valence-corrected chi connectivity index (χ4v) is 5.46. The molecule has 1 atom stereocenters.